The molecule has 0 amide bonds. The Balaban J connectivity index is 3.47. The molecule has 0 radical (unpaired) electrons. The molecule has 0 aliphatic rings. The zero-order valence-corrected chi connectivity index (χ0v) is 6.65. The highest BCUT2D eigenvalue weighted by atomic mass is 35.5. The number of rotatable bonds is 3. The number of hydrogen-bond donors (Lipinski definition) is 0. The minimum Gasteiger partial charge on any atom is -0.198 e. The second-order valence-corrected chi connectivity index (χ2v) is 2.92. The Hall–Kier alpha value is -0.220. The van der Waals surface area contributed by atoms with E-state index in [1.807, 2.05) is 0 Å². The molecule has 1 unspecified atom stereocenters. The Morgan fingerprint density at radius 1 is 1.56 bits per heavy atom. The maximum atomic E-state index is 8.44. The Morgan fingerprint density at radius 3 is 2.22 bits per heavy atom. The lowest BCUT2D eigenvalue weighted by molar-refractivity contribution is 0.513. The standard InChI is InChI=1S/C7H12ClN/c1-6(2)3-7(4-8)5-9/h6-7H,3-4H2,1-2H3. The van der Waals surface area contributed by atoms with Gasteiger partial charge in [0.05, 0.1) is 12.0 Å². The first kappa shape index (κ1) is 8.78. The van der Waals surface area contributed by atoms with Crippen LogP contribution in [-0.4, -0.2) is 5.88 Å². The Bertz CT molecular complexity index is 104. The molecule has 0 aromatic rings. The number of halogens is 1. The zero-order valence-electron chi connectivity index (χ0n) is 5.89. The lowest BCUT2D eigenvalue weighted by atomic mass is 10.0. The Kier molecular flexibility index (Phi) is 4.53. The summed E-state index contributed by atoms with van der Waals surface area (Å²) in [7, 11) is 0. The summed E-state index contributed by atoms with van der Waals surface area (Å²) in [6.45, 7) is 4.19. The van der Waals surface area contributed by atoms with Crippen molar-refractivity contribution in [2.45, 2.75) is 20.3 Å². The third-order valence-electron chi connectivity index (χ3n) is 1.12. The second-order valence-electron chi connectivity index (χ2n) is 2.61. The van der Waals surface area contributed by atoms with Gasteiger partial charge in [0.25, 0.3) is 0 Å². The van der Waals surface area contributed by atoms with Gasteiger partial charge in [-0.15, -0.1) is 11.6 Å². The van der Waals surface area contributed by atoms with Gasteiger partial charge in [0.1, 0.15) is 0 Å². The fourth-order valence-electron chi connectivity index (χ4n) is 0.719. The van der Waals surface area contributed by atoms with Crippen molar-refractivity contribution in [1.82, 2.24) is 0 Å². The van der Waals surface area contributed by atoms with Gasteiger partial charge in [0.15, 0.2) is 0 Å². The third kappa shape index (κ3) is 4.29. The molecule has 9 heavy (non-hydrogen) atoms. The minimum absolute atomic E-state index is 0.0478. The molecular weight excluding hydrogens is 134 g/mol. The van der Waals surface area contributed by atoms with Gasteiger partial charge in [-0.2, -0.15) is 5.26 Å². The van der Waals surface area contributed by atoms with E-state index in [1.54, 1.807) is 0 Å². The highest BCUT2D eigenvalue weighted by Gasteiger charge is 2.06. The molecule has 0 aromatic carbocycles. The van der Waals surface area contributed by atoms with Gasteiger partial charge < -0.3 is 0 Å². The van der Waals surface area contributed by atoms with Crippen molar-refractivity contribution < 1.29 is 0 Å². The van der Waals surface area contributed by atoms with Crippen molar-refractivity contribution in [2.75, 3.05) is 5.88 Å². The van der Waals surface area contributed by atoms with Crippen LogP contribution < -0.4 is 0 Å². The predicted molar refractivity (Wildman–Crippen MR) is 39.3 cm³/mol. The molecule has 1 atom stereocenters. The summed E-state index contributed by atoms with van der Waals surface area (Å²) in [5.41, 5.74) is 0. The summed E-state index contributed by atoms with van der Waals surface area (Å²) in [5, 5.41) is 8.44. The molecule has 52 valence electrons. The molecule has 0 aliphatic carbocycles. The average Bonchev–Trinajstić information content (AvgIpc) is 1.82. The number of nitriles is 1. The first-order valence-corrected chi connectivity index (χ1v) is 3.69. The van der Waals surface area contributed by atoms with Crippen molar-refractivity contribution in [3.63, 3.8) is 0 Å². The topological polar surface area (TPSA) is 23.8 Å². The molecule has 0 spiro atoms. The van der Waals surface area contributed by atoms with Crippen LogP contribution in [-0.2, 0) is 0 Å². The SMILES string of the molecule is CC(C)CC(C#N)CCl. The molecule has 2 heteroatoms. The van der Waals surface area contributed by atoms with Gasteiger partial charge in [-0.25, -0.2) is 0 Å². The highest BCUT2D eigenvalue weighted by Crippen LogP contribution is 2.11. The van der Waals surface area contributed by atoms with Gasteiger partial charge in [-0.3, -0.25) is 0 Å². The maximum absolute atomic E-state index is 8.44. The summed E-state index contributed by atoms with van der Waals surface area (Å²) in [6.07, 6.45) is 0.917. The van der Waals surface area contributed by atoms with Crippen LogP contribution in [0.15, 0.2) is 0 Å². The van der Waals surface area contributed by atoms with Crippen LogP contribution in [0, 0.1) is 23.2 Å². The molecule has 0 rings (SSSR count). The van der Waals surface area contributed by atoms with Crippen LogP contribution in [0.5, 0.6) is 0 Å². The third-order valence-corrected chi connectivity index (χ3v) is 1.50. The lowest BCUT2D eigenvalue weighted by Crippen LogP contribution is -2.02. The molecular formula is C7H12ClN. The number of nitrogens with zero attached hydrogens (tertiary/aromatic N) is 1. The first-order valence-electron chi connectivity index (χ1n) is 3.16. The van der Waals surface area contributed by atoms with Crippen LogP contribution >= 0.6 is 11.6 Å². The van der Waals surface area contributed by atoms with E-state index in [-0.39, 0.29) is 5.92 Å². The summed E-state index contributed by atoms with van der Waals surface area (Å²) in [5.74, 6) is 1.09. The molecule has 1 nitrogen and oxygen atoms in total. The van der Waals surface area contributed by atoms with Crippen LogP contribution in [0.3, 0.4) is 0 Å². The molecule has 0 aromatic heterocycles. The lowest BCUT2D eigenvalue weighted by Gasteiger charge is -2.06. The molecule has 0 saturated heterocycles. The first-order chi connectivity index (χ1) is 4.20. The van der Waals surface area contributed by atoms with E-state index >= 15 is 0 Å². The summed E-state index contributed by atoms with van der Waals surface area (Å²) in [6, 6.07) is 2.15. The van der Waals surface area contributed by atoms with Crippen molar-refractivity contribution in [3.8, 4) is 6.07 Å². The van der Waals surface area contributed by atoms with E-state index in [2.05, 4.69) is 19.9 Å². The van der Waals surface area contributed by atoms with E-state index in [1.165, 1.54) is 0 Å². The van der Waals surface area contributed by atoms with Crippen molar-refractivity contribution in [1.29, 1.82) is 5.26 Å². The largest absolute Gasteiger partial charge is 0.198 e. The smallest absolute Gasteiger partial charge is 0.0668 e. The van der Waals surface area contributed by atoms with Crippen molar-refractivity contribution in [2.24, 2.45) is 11.8 Å². The summed E-state index contributed by atoms with van der Waals surface area (Å²) >= 11 is 5.49. The van der Waals surface area contributed by atoms with Crippen LogP contribution in [0.1, 0.15) is 20.3 Å². The van der Waals surface area contributed by atoms with Crippen molar-refractivity contribution in [3.05, 3.63) is 0 Å². The van der Waals surface area contributed by atoms with E-state index in [0.717, 1.165) is 6.42 Å². The molecule has 0 fully saturated rings. The maximum Gasteiger partial charge on any atom is 0.0668 e. The van der Waals surface area contributed by atoms with E-state index in [4.69, 9.17) is 16.9 Å². The van der Waals surface area contributed by atoms with E-state index in [0.29, 0.717) is 11.8 Å². The van der Waals surface area contributed by atoms with Gasteiger partial charge >= 0.3 is 0 Å². The molecule has 0 bridgehead atoms. The van der Waals surface area contributed by atoms with Gasteiger partial charge in [0, 0.05) is 5.88 Å². The monoisotopic (exact) mass is 145 g/mol. The fourth-order valence-corrected chi connectivity index (χ4v) is 0.914. The molecule has 0 aliphatic heterocycles. The van der Waals surface area contributed by atoms with Crippen molar-refractivity contribution >= 4 is 11.6 Å². The predicted octanol–water partition coefficient (Wildman–Crippen LogP) is 2.41. The number of alkyl halides is 1. The Labute approximate surface area is 61.6 Å². The van der Waals surface area contributed by atoms with E-state index < -0.39 is 0 Å². The number of hydrogen-bond acceptors (Lipinski definition) is 1. The quantitative estimate of drug-likeness (QED) is 0.560. The van der Waals surface area contributed by atoms with Crippen LogP contribution in [0.4, 0.5) is 0 Å². The van der Waals surface area contributed by atoms with Crippen LogP contribution in [0.25, 0.3) is 0 Å². The zero-order chi connectivity index (χ0) is 7.28. The highest BCUT2D eigenvalue weighted by molar-refractivity contribution is 6.18. The van der Waals surface area contributed by atoms with E-state index in [9.17, 15) is 0 Å². The minimum atomic E-state index is 0.0478. The summed E-state index contributed by atoms with van der Waals surface area (Å²) < 4.78 is 0. The molecule has 0 saturated carbocycles. The Morgan fingerprint density at radius 2 is 2.11 bits per heavy atom. The normalized spacial score (nSPS) is 13.2. The molecule has 0 N–H and O–H groups in total. The summed E-state index contributed by atoms with van der Waals surface area (Å²) in [4.78, 5) is 0. The average molecular weight is 146 g/mol. The fraction of sp³-hybridized carbons (Fsp3) is 0.857. The van der Waals surface area contributed by atoms with Gasteiger partial charge in [-0.1, -0.05) is 13.8 Å². The van der Waals surface area contributed by atoms with Gasteiger partial charge in [0.2, 0.25) is 0 Å². The molecule has 0 heterocycles. The van der Waals surface area contributed by atoms with Crippen LogP contribution in [0.2, 0.25) is 0 Å². The second kappa shape index (κ2) is 4.64. The van der Waals surface area contributed by atoms with Gasteiger partial charge in [-0.05, 0) is 12.3 Å².